The molecule has 0 bridgehead atoms. The van der Waals surface area contributed by atoms with Gasteiger partial charge in [-0.15, -0.1) is 0 Å². The van der Waals surface area contributed by atoms with Gasteiger partial charge in [-0.25, -0.2) is 13.2 Å². The van der Waals surface area contributed by atoms with Crippen molar-refractivity contribution in [3.05, 3.63) is 102 Å². The van der Waals surface area contributed by atoms with Crippen molar-refractivity contribution in [2.45, 2.75) is 36.7 Å². The van der Waals surface area contributed by atoms with Crippen LogP contribution in [-0.4, -0.2) is 42.5 Å². The molecule has 4 aromatic rings. The molecule has 5 rings (SSSR count). The van der Waals surface area contributed by atoms with Crippen LogP contribution in [-0.2, 0) is 14.8 Å². The lowest BCUT2D eigenvalue weighted by Crippen LogP contribution is -2.31. The number of hydrogen-bond acceptors (Lipinski definition) is 5. The number of para-hydroxylation sites is 1. The van der Waals surface area contributed by atoms with E-state index in [2.05, 4.69) is 4.98 Å². The third kappa shape index (κ3) is 5.21. The summed E-state index contributed by atoms with van der Waals surface area (Å²) in [5.74, 6) is -1.06. The first kappa shape index (κ1) is 24.9. The van der Waals surface area contributed by atoms with Crippen LogP contribution >= 0.6 is 0 Å². The lowest BCUT2D eigenvalue weighted by molar-refractivity contribution is 0.0280. The molecule has 1 N–H and O–H groups in total. The Morgan fingerprint density at radius 3 is 2.16 bits per heavy atom. The van der Waals surface area contributed by atoms with E-state index < -0.39 is 22.1 Å². The Labute approximate surface area is 216 Å². The molecule has 0 aliphatic carbocycles. The van der Waals surface area contributed by atoms with Gasteiger partial charge in [0.2, 0.25) is 15.8 Å². The van der Waals surface area contributed by atoms with Gasteiger partial charge in [0.05, 0.1) is 10.5 Å². The van der Waals surface area contributed by atoms with E-state index >= 15 is 0 Å². The summed E-state index contributed by atoms with van der Waals surface area (Å²) in [4.78, 5) is 30.0. The Balaban J connectivity index is 1.39. The van der Waals surface area contributed by atoms with E-state index in [9.17, 15) is 18.0 Å². The lowest BCUT2D eigenvalue weighted by atomic mass is 9.99. The molecule has 37 heavy (non-hydrogen) atoms. The lowest BCUT2D eigenvalue weighted by Gasteiger charge is -2.20. The number of fused-ring (bicyclic) bond motifs is 1. The fourth-order valence-electron chi connectivity index (χ4n) is 4.69. The molecule has 1 fully saturated rings. The Morgan fingerprint density at radius 1 is 0.811 bits per heavy atom. The third-order valence-corrected chi connectivity index (χ3v) is 8.63. The molecule has 2 heterocycles. The van der Waals surface area contributed by atoms with Gasteiger partial charge >= 0.3 is 5.97 Å². The van der Waals surface area contributed by atoms with Gasteiger partial charge in [-0.2, -0.15) is 4.31 Å². The SMILES string of the molecule is O=C(O[C@H](C(=O)c1c[nH]c2ccccc12)c1ccccc1)c1ccc(S(=O)(=O)N2CCCCCC2)cc1. The molecule has 1 aliphatic heterocycles. The Bertz CT molecular complexity index is 1500. The zero-order valence-electron chi connectivity index (χ0n) is 20.3. The third-order valence-electron chi connectivity index (χ3n) is 6.71. The van der Waals surface area contributed by atoms with Crippen LogP contribution in [0.25, 0.3) is 10.9 Å². The number of carbonyl (C=O) groups is 2. The van der Waals surface area contributed by atoms with Gasteiger partial charge in [0.25, 0.3) is 0 Å². The predicted octanol–water partition coefficient (Wildman–Crippen LogP) is 5.51. The second-order valence-electron chi connectivity index (χ2n) is 9.15. The van der Waals surface area contributed by atoms with Crippen LogP contribution in [0.3, 0.4) is 0 Å². The van der Waals surface area contributed by atoms with Crippen molar-refractivity contribution < 1.29 is 22.7 Å². The van der Waals surface area contributed by atoms with E-state index in [0.29, 0.717) is 24.2 Å². The monoisotopic (exact) mass is 516 g/mol. The molecule has 1 saturated heterocycles. The van der Waals surface area contributed by atoms with E-state index in [1.165, 1.54) is 28.6 Å². The predicted molar refractivity (Wildman–Crippen MR) is 141 cm³/mol. The number of nitrogens with one attached hydrogen (secondary N) is 1. The number of nitrogens with zero attached hydrogens (tertiary/aromatic N) is 1. The topological polar surface area (TPSA) is 96.5 Å². The van der Waals surface area contributed by atoms with Crippen LogP contribution in [0, 0.1) is 0 Å². The summed E-state index contributed by atoms with van der Waals surface area (Å²) in [7, 11) is -3.63. The number of hydrogen-bond donors (Lipinski definition) is 1. The summed E-state index contributed by atoms with van der Waals surface area (Å²) in [5, 5.41) is 0.743. The van der Waals surface area contributed by atoms with Gasteiger partial charge < -0.3 is 9.72 Å². The molecule has 190 valence electrons. The van der Waals surface area contributed by atoms with Gasteiger partial charge in [-0.3, -0.25) is 4.79 Å². The summed E-state index contributed by atoms with van der Waals surface area (Å²) in [6.07, 6.45) is 4.20. The molecule has 1 atom stereocenters. The molecule has 1 aromatic heterocycles. The standard InChI is InChI=1S/C29H28N2O5S/c32-27(25-20-30-26-13-7-6-12-24(25)26)28(21-10-4-3-5-11-21)36-29(33)22-14-16-23(17-15-22)37(34,35)31-18-8-1-2-9-19-31/h3-7,10-17,20,28,30H,1-2,8-9,18-19H2/t28-/m0/s1. The average molecular weight is 517 g/mol. The largest absolute Gasteiger partial charge is 0.445 e. The highest BCUT2D eigenvalue weighted by Crippen LogP contribution is 2.28. The minimum Gasteiger partial charge on any atom is -0.445 e. The van der Waals surface area contributed by atoms with E-state index in [-0.39, 0.29) is 16.2 Å². The van der Waals surface area contributed by atoms with Crippen molar-refractivity contribution in [1.29, 1.82) is 0 Å². The number of H-pyrrole nitrogens is 1. The minimum absolute atomic E-state index is 0.139. The van der Waals surface area contributed by atoms with Gasteiger partial charge in [-0.05, 0) is 43.2 Å². The summed E-state index contributed by atoms with van der Waals surface area (Å²) in [6, 6.07) is 22.0. The number of aromatic amines is 1. The van der Waals surface area contributed by atoms with Crippen molar-refractivity contribution in [3.63, 3.8) is 0 Å². The number of ketones is 1. The van der Waals surface area contributed by atoms with E-state index in [0.717, 1.165) is 36.6 Å². The minimum atomic E-state index is -3.63. The molecule has 0 saturated carbocycles. The molecular weight excluding hydrogens is 488 g/mol. The number of esters is 1. The van der Waals surface area contributed by atoms with Crippen molar-refractivity contribution >= 4 is 32.7 Å². The zero-order valence-corrected chi connectivity index (χ0v) is 21.1. The highest BCUT2D eigenvalue weighted by molar-refractivity contribution is 7.89. The van der Waals surface area contributed by atoms with Crippen molar-refractivity contribution in [3.8, 4) is 0 Å². The average Bonchev–Trinajstić information content (AvgIpc) is 3.16. The van der Waals surface area contributed by atoms with Crippen molar-refractivity contribution in [2.75, 3.05) is 13.1 Å². The Hall–Kier alpha value is -3.75. The fraction of sp³-hybridized carbons (Fsp3) is 0.241. The van der Waals surface area contributed by atoms with Gasteiger partial charge in [0, 0.05) is 41.3 Å². The number of benzene rings is 3. The maximum absolute atomic E-state index is 13.6. The first-order valence-corrected chi connectivity index (χ1v) is 13.9. The first-order valence-electron chi connectivity index (χ1n) is 12.4. The maximum Gasteiger partial charge on any atom is 0.339 e. The fourth-order valence-corrected chi connectivity index (χ4v) is 6.20. The van der Waals surface area contributed by atoms with Crippen LogP contribution in [0.2, 0.25) is 0 Å². The molecule has 3 aromatic carbocycles. The molecule has 0 spiro atoms. The number of carbonyl (C=O) groups excluding carboxylic acids is 2. The second kappa shape index (κ2) is 10.7. The highest BCUT2D eigenvalue weighted by atomic mass is 32.2. The highest BCUT2D eigenvalue weighted by Gasteiger charge is 2.29. The van der Waals surface area contributed by atoms with E-state index in [1.54, 1.807) is 30.5 Å². The van der Waals surface area contributed by atoms with Gasteiger partial charge in [-0.1, -0.05) is 61.4 Å². The van der Waals surface area contributed by atoms with Crippen LogP contribution in [0.4, 0.5) is 0 Å². The summed E-state index contributed by atoms with van der Waals surface area (Å²) >= 11 is 0. The molecule has 8 heteroatoms. The maximum atomic E-state index is 13.6. The van der Waals surface area contributed by atoms with Crippen LogP contribution in [0.5, 0.6) is 0 Å². The summed E-state index contributed by atoms with van der Waals surface area (Å²) < 4.78 is 33.4. The van der Waals surface area contributed by atoms with E-state index in [4.69, 9.17) is 4.74 Å². The quantitative estimate of drug-likeness (QED) is 0.258. The molecule has 0 amide bonds. The van der Waals surface area contributed by atoms with Crippen LogP contribution in [0.1, 0.15) is 58.1 Å². The number of aromatic nitrogens is 1. The van der Waals surface area contributed by atoms with Crippen LogP contribution in [0.15, 0.2) is 90.0 Å². The van der Waals surface area contributed by atoms with E-state index in [1.807, 2.05) is 30.3 Å². The second-order valence-corrected chi connectivity index (χ2v) is 11.1. The summed E-state index contributed by atoms with van der Waals surface area (Å²) in [6.45, 7) is 1.00. The Kier molecular flexibility index (Phi) is 7.21. The normalized spacial score (nSPS) is 15.7. The molecule has 0 unspecified atom stereocenters. The zero-order chi connectivity index (χ0) is 25.8. The summed E-state index contributed by atoms with van der Waals surface area (Å²) in [5.41, 5.74) is 1.95. The number of ether oxygens (including phenoxy) is 1. The molecule has 0 radical (unpaired) electrons. The van der Waals surface area contributed by atoms with Crippen LogP contribution < -0.4 is 0 Å². The molecular formula is C29H28N2O5S. The van der Waals surface area contributed by atoms with Crippen molar-refractivity contribution in [1.82, 2.24) is 9.29 Å². The first-order chi connectivity index (χ1) is 17.9. The Morgan fingerprint density at radius 2 is 1.46 bits per heavy atom. The molecule has 1 aliphatic rings. The number of rotatable bonds is 7. The molecule has 7 nitrogen and oxygen atoms in total. The van der Waals surface area contributed by atoms with Gasteiger partial charge in [0.15, 0.2) is 6.10 Å². The number of sulfonamides is 1. The van der Waals surface area contributed by atoms with Crippen molar-refractivity contribution in [2.24, 2.45) is 0 Å². The van der Waals surface area contributed by atoms with Gasteiger partial charge in [0.1, 0.15) is 0 Å². The smallest absolute Gasteiger partial charge is 0.339 e. The number of Topliss-reactive ketones (excluding diaryl/α,β-unsaturated/α-hetero) is 1.